The van der Waals surface area contributed by atoms with E-state index in [1.54, 1.807) is 11.0 Å². The Hall–Kier alpha value is -2.16. The van der Waals surface area contributed by atoms with Crippen molar-refractivity contribution in [3.63, 3.8) is 0 Å². The highest BCUT2D eigenvalue weighted by Gasteiger charge is 2.30. The lowest BCUT2D eigenvalue weighted by Gasteiger charge is -2.40. The van der Waals surface area contributed by atoms with Gasteiger partial charge in [-0.05, 0) is 46.1 Å². The Morgan fingerprint density at radius 2 is 2.00 bits per heavy atom. The van der Waals surface area contributed by atoms with Gasteiger partial charge in [-0.2, -0.15) is 4.98 Å². The van der Waals surface area contributed by atoms with Crippen LogP contribution in [0.15, 0.2) is 40.9 Å². The molecular weight excluding hydrogens is 510 g/mol. The molecule has 10 heteroatoms. The number of aromatic nitrogens is 2. The molecule has 6 nitrogen and oxygen atoms in total. The molecule has 0 unspecified atom stereocenters. The van der Waals surface area contributed by atoms with E-state index >= 15 is 0 Å². The van der Waals surface area contributed by atoms with Crippen LogP contribution in [-0.4, -0.2) is 46.6 Å². The van der Waals surface area contributed by atoms with E-state index in [2.05, 4.69) is 25.9 Å². The lowest BCUT2D eigenvalue weighted by atomic mass is 10.1. The van der Waals surface area contributed by atoms with Gasteiger partial charge in [-0.3, -0.25) is 0 Å². The summed E-state index contributed by atoms with van der Waals surface area (Å²) in [5.74, 6) is -0.114. The first-order valence-corrected chi connectivity index (χ1v) is 11.1. The van der Waals surface area contributed by atoms with Gasteiger partial charge in [0.05, 0.1) is 9.50 Å². The number of carbonyl (C=O) groups is 1. The molecule has 1 aliphatic rings. The van der Waals surface area contributed by atoms with Crippen LogP contribution >= 0.6 is 39.1 Å². The van der Waals surface area contributed by atoms with Gasteiger partial charge in [0.25, 0.3) is 0 Å². The molecule has 31 heavy (non-hydrogen) atoms. The fraction of sp³-hybridized carbons (Fsp3) is 0.286. The number of piperazine rings is 1. The number of fused-ring (bicyclic) bond motifs is 1. The number of hydrogen-bond donors (Lipinski definition) is 0. The number of benzene rings is 2. The summed E-state index contributed by atoms with van der Waals surface area (Å²) in [7, 11) is 0. The first kappa shape index (κ1) is 22.0. The maximum absolute atomic E-state index is 14.7. The summed E-state index contributed by atoms with van der Waals surface area (Å²) >= 11 is 15.4. The monoisotopic (exact) mass is 526 g/mol. The van der Waals surface area contributed by atoms with Crippen LogP contribution in [-0.2, 0) is 11.3 Å². The Balaban J connectivity index is 1.53. The van der Waals surface area contributed by atoms with Gasteiger partial charge in [-0.25, -0.2) is 14.2 Å². The zero-order chi connectivity index (χ0) is 22.1. The molecule has 1 fully saturated rings. The van der Waals surface area contributed by atoms with Crippen molar-refractivity contribution in [2.45, 2.75) is 19.6 Å². The summed E-state index contributed by atoms with van der Waals surface area (Å²) in [4.78, 5) is 24.5. The quantitative estimate of drug-likeness (QED) is 0.323. The van der Waals surface area contributed by atoms with Crippen molar-refractivity contribution < 1.29 is 13.9 Å². The van der Waals surface area contributed by atoms with E-state index in [-0.39, 0.29) is 39.0 Å². The maximum Gasteiger partial charge on any atom is 0.410 e. The van der Waals surface area contributed by atoms with Crippen molar-refractivity contribution in [1.82, 2.24) is 14.9 Å². The molecular formula is C21H18BrCl2FN4O2. The van der Waals surface area contributed by atoms with E-state index in [0.29, 0.717) is 30.8 Å². The molecule has 162 valence electrons. The van der Waals surface area contributed by atoms with Crippen LogP contribution in [0.2, 0.25) is 10.3 Å². The third-order valence-electron chi connectivity index (χ3n) is 5.14. The topological polar surface area (TPSA) is 58.6 Å². The number of anilines is 1. The summed E-state index contributed by atoms with van der Waals surface area (Å²) < 4.78 is 20.3. The summed E-state index contributed by atoms with van der Waals surface area (Å²) in [6.07, 6.45) is -0.376. The molecule has 1 aromatic heterocycles. The van der Waals surface area contributed by atoms with Crippen molar-refractivity contribution >= 4 is 61.9 Å². The lowest BCUT2D eigenvalue weighted by Crippen LogP contribution is -2.54. The van der Waals surface area contributed by atoms with Crippen molar-refractivity contribution in [1.29, 1.82) is 0 Å². The summed E-state index contributed by atoms with van der Waals surface area (Å²) in [6.45, 7) is 3.49. The molecule has 2 aromatic carbocycles. The standard InChI is InChI=1S/C21H18BrCl2FN4O2/c1-12-10-28(21(30)31-11-13-5-3-2-4-6-13)7-8-29(12)19-14-9-15(23)16(22)17(25)18(14)26-20(24)27-19/h2-6,9,12H,7-8,10-11H2,1H3/t12-/m0/s1. The van der Waals surface area contributed by atoms with Crippen molar-refractivity contribution in [2.75, 3.05) is 24.5 Å². The summed E-state index contributed by atoms with van der Waals surface area (Å²) in [5.41, 5.74) is 1.01. The van der Waals surface area contributed by atoms with E-state index in [0.717, 1.165) is 5.56 Å². The van der Waals surface area contributed by atoms with Gasteiger partial charge < -0.3 is 14.5 Å². The van der Waals surface area contributed by atoms with Gasteiger partial charge >= 0.3 is 6.09 Å². The van der Waals surface area contributed by atoms with Crippen molar-refractivity contribution in [3.05, 3.63) is 62.6 Å². The molecule has 0 radical (unpaired) electrons. The second-order valence-electron chi connectivity index (χ2n) is 7.23. The molecule has 1 atom stereocenters. The molecule has 1 saturated heterocycles. The zero-order valence-corrected chi connectivity index (χ0v) is 19.6. The largest absolute Gasteiger partial charge is 0.445 e. The highest BCUT2D eigenvalue weighted by molar-refractivity contribution is 9.10. The third kappa shape index (κ3) is 4.56. The van der Waals surface area contributed by atoms with Crippen LogP contribution in [0.25, 0.3) is 10.9 Å². The lowest BCUT2D eigenvalue weighted by molar-refractivity contribution is 0.0898. The molecule has 3 aromatic rings. The van der Waals surface area contributed by atoms with Gasteiger partial charge in [-0.1, -0.05) is 41.9 Å². The van der Waals surface area contributed by atoms with Crippen LogP contribution in [0.1, 0.15) is 12.5 Å². The maximum atomic E-state index is 14.7. The predicted octanol–water partition coefficient (Wildman–Crippen LogP) is 5.69. The average Bonchev–Trinajstić information content (AvgIpc) is 2.77. The molecule has 0 spiro atoms. The van der Waals surface area contributed by atoms with Crippen molar-refractivity contribution in [2.24, 2.45) is 0 Å². The molecule has 0 aliphatic carbocycles. The SMILES string of the molecule is C[C@H]1CN(C(=O)OCc2ccccc2)CCN1c1nc(Cl)nc2c(F)c(Br)c(Cl)cc12. The molecule has 0 N–H and O–H groups in total. The zero-order valence-electron chi connectivity index (χ0n) is 16.5. The fourth-order valence-corrected chi connectivity index (χ4v) is 4.26. The van der Waals surface area contributed by atoms with E-state index < -0.39 is 5.82 Å². The fourth-order valence-electron chi connectivity index (χ4n) is 3.60. The number of carbonyl (C=O) groups excluding carboxylic acids is 1. The Morgan fingerprint density at radius 1 is 1.26 bits per heavy atom. The number of amides is 1. The first-order chi connectivity index (χ1) is 14.8. The smallest absolute Gasteiger partial charge is 0.410 e. The second kappa shape index (κ2) is 9.14. The van der Waals surface area contributed by atoms with Gasteiger partial charge in [0.2, 0.25) is 5.28 Å². The minimum Gasteiger partial charge on any atom is -0.445 e. The Labute approximate surface area is 197 Å². The minimum atomic E-state index is -0.594. The van der Waals surface area contributed by atoms with Gasteiger partial charge in [0.1, 0.15) is 17.9 Å². The Kier molecular flexibility index (Phi) is 6.50. The molecule has 1 aliphatic heterocycles. The average molecular weight is 528 g/mol. The van der Waals surface area contributed by atoms with Gasteiger partial charge in [0, 0.05) is 31.1 Å². The first-order valence-electron chi connectivity index (χ1n) is 9.58. The minimum absolute atomic E-state index is 0.0625. The van der Waals surface area contributed by atoms with E-state index in [1.165, 1.54) is 0 Å². The molecule has 1 amide bonds. The number of rotatable bonds is 3. The number of ether oxygens (including phenoxy) is 1. The number of nitrogens with zero attached hydrogens (tertiary/aromatic N) is 4. The Morgan fingerprint density at radius 3 is 2.71 bits per heavy atom. The van der Waals surface area contributed by atoms with Crippen LogP contribution in [0.5, 0.6) is 0 Å². The molecule has 0 bridgehead atoms. The number of halogens is 4. The summed E-state index contributed by atoms with van der Waals surface area (Å²) in [6, 6.07) is 11.0. The van der Waals surface area contributed by atoms with Crippen LogP contribution in [0.4, 0.5) is 15.0 Å². The second-order valence-corrected chi connectivity index (χ2v) is 8.77. The normalized spacial score (nSPS) is 16.6. The van der Waals surface area contributed by atoms with E-state index in [9.17, 15) is 9.18 Å². The highest BCUT2D eigenvalue weighted by Crippen LogP contribution is 2.36. The van der Waals surface area contributed by atoms with Crippen molar-refractivity contribution in [3.8, 4) is 0 Å². The van der Waals surface area contributed by atoms with E-state index in [1.807, 2.05) is 42.2 Å². The van der Waals surface area contributed by atoms with Crippen LogP contribution < -0.4 is 4.90 Å². The van der Waals surface area contributed by atoms with E-state index in [4.69, 9.17) is 27.9 Å². The predicted molar refractivity (Wildman–Crippen MR) is 122 cm³/mol. The number of hydrogen-bond acceptors (Lipinski definition) is 5. The molecule has 2 heterocycles. The summed E-state index contributed by atoms with van der Waals surface area (Å²) in [5, 5.41) is 0.613. The van der Waals surface area contributed by atoms with Gasteiger partial charge in [0.15, 0.2) is 5.82 Å². The van der Waals surface area contributed by atoms with Gasteiger partial charge in [-0.15, -0.1) is 0 Å². The third-order valence-corrected chi connectivity index (χ3v) is 6.61. The molecule has 4 rings (SSSR count). The highest BCUT2D eigenvalue weighted by atomic mass is 79.9. The van der Waals surface area contributed by atoms with Crippen LogP contribution in [0.3, 0.4) is 0 Å². The van der Waals surface area contributed by atoms with Crippen LogP contribution in [0, 0.1) is 5.82 Å². The Bertz CT molecular complexity index is 1140. The molecule has 0 saturated carbocycles.